The van der Waals surface area contributed by atoms with E-state index >= 15 is 0 Å². The van der Waals surface area contributed by atoms with E-state index in [1.807, 2.05) is 12.1 Å². The number of likely N-dealkylation sites (tertiary alicyclic amines) is 1. The van der Waals surface area contributed by atoms with Crippen LogP contribution < -0.4 is 4.74 Å². The first kappa shape index (κ1) is 16.8. The van der Waals surface area contributed by atoms with Crippen molar-refractivity contribution in [3.05, 3.63) is 65.9 Å². The molecule has 0 spiro atoms. The van der Waals surface area contributed by atoms with Crippen LogP contribution in [0.3, 0.4) is 0 Å². The van der Waals surface area contributed by atoms with Crippen LogP contribution in [0.1, 0.15) is 24.0 Å². The van der Waals surface area contributed by atoms with Crippen molar-refractivity contribution in [2.24, 2.45) is 5.41 Å². The topological polar surface area (TPSA) is 37.6 Å². The highest BCUT2D eigenvalue weighted by Crippen LogP contribution is 2.49. The quantitative estimate of drug-likeness (QED) is 0.770. The number of nitrogens with zero attached hydrogens (tertiary/aromatic N) is 2. The number of rotatable bonds is 4. The minimum Gasteiger partial charge on any atom is -0.493 e. The van der Waals surface area contributed by atoms with Gasteiger partial charge in [0.15, 0.2) is 0 Å². The molecule has 0 amide bonds. The van der Waals surface area contributed by atoms with Crippen molar-refractivity contribution in [2.45, 2.75) is 25.9 Å². The Bertz CT molecular complexity index is 979. The molecule has 5 rings (SSSR count). The molecule has 0 bridgehead atoms. The lowest BCUT2D eigenvalue weighted by Crippen LogP contribution is -2.42. The van der Waals surface area contributed by atoms with Gasteiger partial charge in [-0.25, -0.2) is 0 Å². The van der Waals surface area contributed by atoms with Crippen LogP contribution in [-0.4, -0.2) is 40.9 Å². The molecule has 2 aromatic carbocycles. The van der Waals surface area contributed by atoms with Gasteiger partial charge in [-0.1, -0.05) is 30.3 Å². The molecule has 2 aliphatic rings. The largest absolute Gasteiger partial charge is 0.493 e. The van der Waals surface area contributed by atoms with E-state index in [2.05, 4.69) is 59.0 Å². The molecule has 140 valence electrons. The number of hydrogen-bond donors (Lipinski definition) is 1. The van der Waals surface area contributed by atoms with Crippen molar-refractivity contribution in [1.29, 1.82) is 0 Å². The van der Waals surface area contributed by atoms with E-state index < -0.39 is 0 Å². The predicted octanol–water partition coefficient (Wildman–Crippen LogP) is 3.63. The molecule has 3 aromatic rings. The fourth-order valence-electron chi connectivity index (χ4n) is 5.04. The molecule has 1 N–H and O–H groups in total. The van der Waals surface area contributed by atoms with Gasteiger partial charge < -0.3 is 14.4 Å². The second-order valence-corrected chi connectivity index (χ2v) is 8.02. The van der Waals surface area contributed by atoms with Crippen LogP contribution >= 0.6 is 0 Å². The Morgan fingerprint density at radius 1 is 1.15 bits per heavy atom. The van der Waals surface area contributed by atoms with Crippen molar-refractivity contribution in [1.82, 2.24) is 9.47 Å². The molecule has 1 aromatic heterocycles. The van der Waals surface area contributed by atoms with Gasteiger partial charge in [0.25, 0.3) is 0 Å². The molecule has 4 nitrogen and oxygen atoms in total. The molecule has 27 heavy (non-hydrogen) atoms. The number of benzene rings is 2. The third kappa shape index (κ3) is 2.59. The molecule has 0 radical (unpaired) electrons. The zero-order chi connectivity index (χ0) is 18.4. The van der Waals surface area contributed by atoms with Crippen molar-refractivity contribution >= 4 is 10.9 Å². The van der Waals surface area contributed by atoms with Crippen LogP contribution in [0.2, 0.25) is 0 Å². The maximum atomic E-state index is 10.3. The summed E-state index contributed by atoms with van der Waals surface area (Å²) in [7, 11) is 0. The first-order valence-electron chi connectivity index (χ1n) is 9.86. The average Bonchev–Trinajstić information content (AvgIpc) is 3.30. The standard InChI is InChI=1S/C23H26N2O2/c1-2-25-11-10-18-17(6-5-8-21(18)25)12-24-13-20-19-7-3-4-9-22(19)27-16-23(20,14-24)15-26/h3-11,20,26H,2,12-16H2,1H3/t20-,23-/m1/s1. The molecular weight excluding hydrogens is 336 g/mol. The third-order valence-electron chi connectivity index (χ3n) is 6.48. The van der Waals surface area contributed by atoms with Crippen LogP contribution in [0.4, 0.5) is 0 Å². The van der Waals surface area contributed by atoms with Crippen LogP contribution in [0.5, 0.6) is 5.75 Å². The molecule has 0 saturated carbocycles. The van der Waals surface area contributed by atoms with Crippen molar-refractivity contribution in [3.63, 3.8) is 0 Å². The van der Waals surface area contributed by atoms with Gasteiger partial charge in [0.1, 0.15) is 5.75 Å². The number of hydrogen-bond acceptors (Lipinski definition) is 3. The molecule has 0 aliphatic carbocycles. The van der Waals surface area contributed by atoms with Gasteiger partial charge in [-0.2, -0.15) is 0 Å². The monoisotopic (exact) mass is 362 g/mol. The fraction of sp³-hybridized carbons (Fsp3) is 0.391. The Balaban J connectivity index is 1.46. The number of aromatic nitrogens is 1. The summed E-state index contributed by atoms with van der Waals surface area (Å²) in [6.45, 7) is 6.67. The van der Waals surface area contributed by atoms with E-state index in [0.29, 0.717) is 12.5 Å². The van der Waals surface area contributed by atoms with Crippen LogP contribution in [0.15, 0.2) is 54.7 Å². The van der Waals surface area contributed by atoms with E-state index in [9.17, 15) is 5.11 Å². The number of ether oxygens (including phenoxy) is 1. The smallest absolute Gasteiger partial charge is 0.122 e. The first-order chi connectivity index (χ1) is 13.2. The van der Waals surface area contributed by atoms with Gasteiger partial charge in [-0.3, -0.25) is 4.90 Å². The Morgan fingerprint density at radius 3 is 2.89 bits per heavy atom. The van der Waals surface area contributed by atoms with Crippen LogP contribution in [0, 0.1) is 5.41 Å². The summed E-state index contributed by atoms with van der Waals surface area (Å²) in [6, 6.07) is 17.1. The second kappa shape index (κ2) is 6.39. The highest BCUT2D eigenvalue weighted by atomic mass is 16.5. The zero-order valence-electron chi connectivity index (χ0n) is 15.8. The predicted molar refractivity (Wildman–Crippen MR) is 107 cm³/mol. The first-order valence-corrected chi connectivity index (χ1v) is 9.86. The fourth-order valence-corrected chi connectivity index (χ4v) is 5.04. The molecule has 2 atom stereocenters. The summed E-state index contributed by atoms with van der Waals surface area (Å²) in [5.41, 5.74) is 3.71. The van der Waals surface area contributed by atoms with Gasteiger partial charge in [0, 0.05) is 54.6 Å². The number of aryl methyl sites for hydroxylation is 1. The molecule has 3 heterocycles. The number of aliphatic hydroxyl groups excluding tert-OH is 1. The summed E-state index contributed by atoms with van der Waals surface area (Å²) in [5.74, 6) is 1.31. The molecule has 4 heteroatoms. The van der Waals surface area contributed by atoms with E-state index in [4.69, 9.17) is 4.74 Å². The Labute approximate surface area is 160 Å². The van der Waals surface area contributed by atoms with E-state index in [1.165, 1.54) is 22.0 Å². The lowest BCUT2D eigenvalue weighted by atomic mass is 9.74. The maximum absolute atomic E-state index is 10.3. The van der Waals surface area contributed by atoms with Gasteiger partial charge >= 0.3 is 0 Å². The summed E-state index contributed by atoms with van der Waals surface area (Å²) >= 11 is 0. The summed E-state index contributed by atoms with van der Waals surface area (Å²) < 4.78 is 8.32. The minimum atomic E-state index is -0.197. The van der Waals surface area contributed by atoms with Gasteiger partial charge in [0.2, 0.25) is 0 Å². The molecular formula is C23H26N2O2. The Hall–Kier alpha value is -2.30. The van der Waals surface area contributed by atoms with Gasteiger partial charge in [0.05, 0.1) is 13.2 Å². The molecule has 1 saturated heterocycles. The Kier molecular flexibility index (Phi) is 3.99. The average molecular weight is 362 g/mol. The second-order valence-electron chi connectivity index (χ2n) is 8.02. The third-order valence-corrected chi connectivity index (χ3v) is 6.48. The van der Waals surface area contributed by atoms with E-state index in [1.54, 1.807) is 0 Å². The highest BCUT2D eigenvalue weighted by molar-refractivity contribution is 5.83. The minimum absolute atomic E-state index is 0.166. The van der Waals surface area contributed by atoms with Gasteiger partial charge in [-0.15, -0.1) is 0 Å². The molecule has 2 aliphatic heterocycles. The maximum Gasteiger partial charge on any atom is 0.122 e. The highest BCUT2D eigenvalue weighted by Gasteiger charge is 2.50. The summed E-state index contributed by atoms with van der Waals surface area (Å²) in [4.78, 5) is 2.49. The normalized spacial score (nSPS) is 24.6. The zero-order valence-corrected chi connectivity index (χ0v) is 15.8. The van der Waals surface area contributed by atoms with Crippen molar-refractivity contribution < 1.29 is 9.84 Å². The summed E-state index contributed by atoms with van der Waals surface area (Å²) in [5, 5.41) is 11.6. The SMILES string of the molecule is CCn1ccc2c(CN3C[C@@H]4c5ccccc5OC[C@]4(CO)C3)cccc21. The number of aliphatic hydroxyl groups is 1. The van der Waals surface area contributed by atoms with Crippen molar-refractivity contribution in [2.75, 3.05) is 26.3 Å². The van der Waals surface area contributed by atoms with Gasteiger partial charge in [-0.05, 0) is 36.2 Å². The van der Waals surface area contributed by atoms with E-state index in [0.717, 1.165) is 31.9 Å². The lowest BCUT2D eigenvalue weighted by Gasteiger charge is -2.38. The Morgan fingerprint density at radius 2 is 2.04 bits per heavy atom. The lowest BCUT2D eigenvalue weighted by molar-refractivity contribution is 0.0458. The van der Waals surface area contributed by atoms with Crippen molar-refractivity contribution in [3.8, 4) is 5.75 Å². The molecule has 1 fully saturated rings. The van der Waals surface area contributed by atoms with Crippen LogP contribution in [0.25, 0.3) is 10.9 Å². The number of para-hydroxylation sites is 1. The summed E-state index contributed by atoms with van der Waals surface area (Å²) in [6.07, 6.45) is 2.18. The van der Waals surface area contributed by atoms with E-state index in [-0.39, 0.29) is 12.0 Å². The molecule has 0 unspecified atom stereocenters. The number of fused-ring (bicyclic) bond motifs is 4. The van der Waals surface area contributed by atoms with Crippen LogP contribution in [-0.2, 0) is 13.1 Å².